The third kappa shape index (κ3) is 2.52. The van der Waals surface area contributed by atoms with Gasteiger partial charge in [-0.2, -0.15) is 0 Å². The van der Waals surface area contributed by atoms with Gasteiger partial charge >= 0.3 is 0 Å². The van der Waals surface area contributed by atoms with E-state index < -0.39 is 0 Å². The summed E-state index contributed by atoms with van der Waals surface area (Å²) in [5, 5.41) is 9.62. The van der Waals surface area contributed by atoms with Crippen LogP contribution < -0.4 is 0 Å². The maximum atomic E-state index is 12.3. The summed E-state index contributed by atoms with van der Waals surface area (Å²) in [6.07, 6.45) is 3.44. The van der Waals surface area contributed by atoms with Crippen molar-refractivity contribution in [1.82, 2.24) is 9.88 Å². The predicted octanol–water partition coefficient (Wildman–Crippen LogP) is 1.56. The lowest BCUT2D eigenvalue weighted by Crippen LogP contribution is -2.43. The van der Waals surface area contributed by atoms with Crippen molar-refractivity contribution in [2.45, 2.75) is 32.8 Å². The van der Waals surface area contributed by atoms with Crippen LogP contribution in [0.5, 0.6) is 0 Å². The number of aromatic nitrogens is 1. The molecule has 17 heavy (non-hydrogen) atoms. The lowest BCUT2D eigenvalue weighted by atomic mass is 9.93. The number of aliphatic hydroxyl groups excluding tert-OH is 1. The highest BCUT2D eigenvalue weighted by atomic mass is 16.3. The normalized spacial score (nSPS) is 22.5. The lowest BCUT2D eigenvalue weighted by molar-refractivity contribution is 0.0465. The molecule has 1 aromatic rings. The Balaban J connectivity index is 2.07. The van der Waals surface area contributed by atoms with Crippen LogP contribution in [0.3, 0.4) is 0 Å². The number of carbonyl (C=O) groups is 1. The number of piperidine rings is 1. The largest absolute Gasteiger partial charge is 0.393 e. The number of hydrogen-bond donors (Lipinski definition) is 2. The minimum atomic E-state index is -0.335. The summed E-state index contributed by atoms with van der Waals surface area (Å²) in [5.74, 6) is 0.293. The van der Waals surface area contributed by atoms with Crippen molar-refractivity contribution in [2.75, 3.05) is 13.1 Å². The Morgan fingerprint density at radius 1 is 1.65 bits per heavy atom. The van der Waals surface area contributed by atoms with E-state index in [0.717, 1.165) is 30.6 Å². The topological polar surface area (TPSA) is 56.3 Å². The van der Waals surface area contributed by atoms with Gasteiger partial charge in [-0.15, -0.1) is 0 Å². The predicted molar refractivity (Wildman–Crippen MR) is 65.8 cm³/mol. The van der Waals surface area contributed by atoms with E-state index in [1.165, 1.54) is 0 Å². The molecule has 94 valence electrons. The highest BCUT2D eigenvalue weighted by molar-refractivity contribution is 5.95. The minimum Gasteiger partial charge on any atom is -0.393 e. The molecule has 1 aliphatic heterocycles. The Morgan fingerprint density at radius 2 is 2.41 bits per heavy atom. The van der Waals surface area contributed by atoms with Crippen molar-refractivity contribution >= 4 is 5.91 Å². The zero-order valence-electron chi connectivity index (χ0n) is 10.4. The molecule has 2 unspecified atom stereocenters. The molecular weight excluding hydrogens is 216 g/mol. The summed E-state index contributed by atoms with van der Waals surface area (Å²) in [6, 6.07) is 1.82. The smallest absolute Gasteiger partial charge is 0.255 e. The maximum Gasteiger partial charge on any atom is 0.255 e. The number of amides is 1. The van der Waals surface area contributed by atoms with Gasteiger partial charge in [-0.05, 0) is 32.8 Å². The average molecular weight is 236 g/mol. The molecule has 2 atom stereocenters. The number of aliphatic hydroxyl groups is 1. The number of carbonyl (C=O) groups excluding carboxylic acids is 1. The van der Waals surface area contributed by atoms with Crippen LogP contribution in [0.15, 0.2) is 12.3 Å². The SMILES string of the molecule is Cc1[nH]ccc1C(=O)N1CCCC(C(C)O)C1. The number of hydrogen-bond acceptors (Lipinski definition) is 2. The summed E-state index contributed by atoms with van der Waals surface area (Å²) in [7, 11) is 0. The summed E-state index contributed by atoms with van der Waals surface area (Å²) < 4.78 is 0. The van der Waals surface area contributed by atoms with E-state index >= 15 is 0 Å². The molecular formula is C13H20N2O2. The second kappa shape index (κ2) is 4.92. The highest BCUT2D eigenvalue weighted by Gasteiger charge is 2.27. The van der Waals surface area contributed by atoms with Crippen molar-refractivity contribution in [2.24, 2.45) is 5.92 Å². The number of aromatic amines is 1. The van der Waals surface area contributed by atoms with Crippen LogP contribution in [0.25, 0.3) is 0 Å². The first kappa shape index (κ1) is 12.2. The van der Waals surface area contributed by atoms with Crippen molar-refractivity contribution < 1.29 is 9.90 Å². The minimum absolute atomic E-state index is 0.0779. The summed E-state index contributed by atoms with van der Waals surface area (Å²) in [5.41, 5.74) is 1.66. The summed E-state index contributed by atoms with van der Waals surface area (Å²) in [4.78, 5) is 17.2. The second-order valence-electron chi connectivity index (χ2n) is 4.91. The lowest BCUT2D eigenvalue weighted by Gasteiger charge is -2.34. The van der Waals surface area contributed by atoms with Crippen LogP contribution >= 0.6 is 0 Å². The van der Waals surface area contributed by atoms with E-state index in [4.69, 9.17) is 0 Å². The number of rotatable bonds is 2. The Hall–Kier alpha value is -1.29. The van der Waals surface area contributed by atoms with E-state index in [9.17, 15) is 9.90 Å². The van der Waals surface area contributed by atoms with Gasteiger partial charge in [0.25, 0.3) is 5.91 Å². The van der Waals surface area contributed by atoms with Gasteiger partial charge in [0.2, 0.25) is 0 Å². The zero-order chi connectivity index (χ0) is 12.4. The molecule has 2 rings (SSSR count). The highest BCUT2D eigenvalue weighted by Crippen LogP contribution is 2.21. The average Bonchev–Trinajstić information content (AvgIpc) is 2.74. The van der Waals surface area contributed by atoms with Gasteiger partial charge < -0.3 is 15.0 Å². The van der Waals surface area contributed by atoms with Crippen molar-refractivity contribution in [3.8, 4) is 0 Å². The molecule has 4 nitrogen and oxygen atoms in total. The first-order valence-electron chi connectivity index (χ1n) is 6.21. The van der Waals surface area contributed by atoms with Crippen LogP contribution in [0.4, 0.5) is 0 Å². The Labute approximate surface area is 102 Å². The summed E-state index contributed by atoms with van der Waals surface area (Å²) in [6.45, 7) is 5.18. The van der Waals surface area contributed by atoms with Crippen LogP contribution in [-0.2, 0) is 0 Å². The van der Waals surface area contributed by atoms with Gasteiger partial charge in [-0.3, -0.25) is 4.79 Å². The molecule has 0 aromatic carbocycles. The number of likely N-dealkylation sites (tertiary alicyclic amines) is 1. The number of nitrogens with one attached hydrogen (secondary N) is 1. The van der Waals surface area contributed by atoms with Crippen LogP contribution in [-0.4, -0.2) is 40.1 Å². The van der Waals surface area contributed by atoms with E-state index in [2.05, 4.69) is 4.98 Å². The molecule has 1 amide bonds. The van der Waals surface area contributed by atoms with Crippen LogP contribution in [0, 0.1) is 12.8 Å². The molecule has 0 saturated carbocycles. The molecule has 1 fully saturated rings. The van der Waals surface area contributed by atoms with Gasteiger partial charge in [0.15, 0.2) is 0 Å². The van der Waals surface area contributed by atoms with Gasteiger partial charge in [0, 0.05) is 30.9 Å². The zero-order valence-corrected chi connectivity index (χ0v) is 10.4. The first-order valence-corrected chi connectivity index (χ1v) is 6.21. The number of aryl methyl sites for hydroxylation is 1. The van der Waals surface area contributed by atoms with Gasteiger partial charge in [-0.1, -0.05) is 0 Å². The third-order valence-corrected chi connectivity index (χ3v) is 3.61. The fraction of sp³-hybridized carbons (Fsp3) is 0.615. The van der Waals surface area contributed by atoms with Crippen molar-refractivity contribution in [3.63, 3.8) is 0 Å². The number of H-pyrrole nitrogens is 1. The van der Waals surface area contributed by atoms with Crippen LogP contribution in [0.2, 0.25) is 0 Å². The van der Waals surface area contributed by atoms with Gasteiger partial charge in [0.05, 0.1) is 11.7 Å². The Bertz CT molecular complexity index is 398. The van der Waals surface area contributed by atoms with Gasteiger partial charge in [0.1, 0.15) is 0 Å². The molecule has 0 radical (unpaired) electrons. The quantitative estimate of drug-likeness (QED) is 0.818. The molecule has 0 aliphatic carbocycles. The molecule has 1 aromatic heterocycles. The van der Waals surface area contributed by atoms with E-state index in [-0.39, 0.29) is 17.9 Å². The molecule has 0 spiro atoms. The van der Waals surface area contributed by atoms with E-state index in [0.29, 0.717) is 6.54 Å². The molecule has 4 heteroatoms. The standard InChI is InChI=1S/C13H20N2O2/c1-9-12(5-6-14-9)13(17)15-7-3-4-11(8-15)10(2)16/h5-6,10-11,14,16H,3-4,7-8H2,1-2H3. The summed E-state index contributed by atoms with van der Waals surface area (Å²) >= 11 is 0. The second-order valence-corrected chi connectivity index (χ2v) is 4.91. The molecule has 2 N–H and O–H groups in total. The first-order chi connectivity index (χ1) is 8.09. The molecule has 2 heterocycles. The van der Waals surface area contributed by atoms with Crippen molar-refractivity contribution in [1.29, 1.82) is 0 Å². The monoisotopic (exact) mass is 236 g/mol. The Morgan fingerprint density at radius 3 is 3.00 bits per heavy atom. The fourth-order valence-corrected chi connectivity index (χ4v) is 2.44. The van der Waals surface area contributed by atoms with E-state index in [1.807, 2.05) is 17.9 Å². The molecule has 0 bridgehead atoms. The number of nitrogens with zero attached hydrogens (tertiary/aromatic N) is 1. The maximum absolute atomic E-state index is 12.3. The Kier molecular flexibility index (Phi) is 3.52. The third-order valence-electron chi connectivity index (χ3n) is 3.61. The molecule has 1 aliphatic rings. The molecule has 1 saturated heterocycles. The van der Waals surface area contributed by atoms with Gasteiger partial charge in [-0.25, -0.2) is 0 Å². The van der Waals surface area contributed by atoms with Crippen molar-refractivity contribution in [3.05, 3.63) is 23.5 Å². The fourth-order valence-electron chi connectivity index (χ4n) is 2.44. The van der Waals surface area contributed by atoms with E-state index in [1.54, 1.807) is 13.1 Å². The van der Waals surface area contributed by atoms with Crippen LogP contribution in [0.1, 0.15) is 35.8 Å².